The van der Waals surface area contributed by atoms with Gasteiger partial charge in [0.1, 0.15) is 6.04 Å². The van der Waals surface area contributed by atoms with E-state index in [-0.39, 0.29) is 5.88 Å². The Balaban J connectivity index is 1.69. The van der Waals surface area contributed by atoms with Gasteiger partial charge in [0.05, 0.1) is 5.69 Å². The Morgan fingerprint density at radius 3 is 2.46 bits per heavy atom. The van der Waals surface area contributed by atoms with Crippen molar-refractivity contribution >= 4 is 17.8 Å². The second-order valence-corrected chi connectivity index (χ2v) is 7.05. The molecular weight excluding hydrogens is 360 g/mol. The Morgan fingerprint density at radius 1 is 1.18 bits per heavy atom. The van der Waals surface area contributed by atoms with Crippen LogP contribution in [0.4, 0.5) is 5.88 Å². The number of hydrogen-bond donors (Lipinski definition) is 1. The van der Waals surface area contributed by atoms with Gasteiger partial charge in [0.2, 0.25) is 5.88 Å². The van der Waals surface area contributed by atoms with Gasteiger partial charge in [0, 0.05) is 32.2 Å². The summed E-state index contributed by atoms with van der Waals surface area (Å²) in [5.41, 5.74) is 1.51. The highest BCUT2D eigenvalue weighted by atomic mass is 16.5. The van der Waals surface area contributed by atoms with Gasteiger partial charge < -0.3 is 14.2 Å². The smallest absolute Gasteiger partial charge is 0.328 e. The van der Waals surface area contributed by atoms with Gasteiger partial charge >= 0.3 is 5.97 Å². The maximum atomic E-state index is 13.0. The van der Waals surface area contributed by atoms with E-state index in [0.717, 1.165) is 31.7 Å². The number of hydrogen-bond acceptors (Lipinski definition) is 7. The lowest BCUT2D eigenvalue weighted by molar-refractivity contribution is -0.159. The van der Waals surface area contributed by atoms with Gasteiger partial charge in [0.25, 0.3) is 5.91 Å². The summed E-state index contributed by atoms with van der Waals surface area (Å²) in [4.78, 5) is 29.7. The number of aryl methyl sites for hydroxylation is 1. The third kappa shape index (κ3) is 4.96. The van der Waals surface area contributed by atoms with Gasteiger partial charge in [-0.05, 0) is 26.5 Å². The minimum atomic E-state index is -0.961. The number of esters is 1. The minimum Gasteiger partial charge on any atom is -0.451 e. The van der Waals surface area contributed by atoms with E-state index in [1.54, 1.807) is 19.9 Å². The molecule has 0 spiro atoms. The fraction of sp³-hybridized carbons (Fsp3) is 0.450. The molecule has 0 unspecified atom stereocenters. The van der Waals surface area contributed by atoms with Crippen molar-refractivity contribution in [1.82, 2.24) is 15.0 Å². The molecule has 1 saturated heterocycles. The summed E-state index contributed by atoms with van der Waals surface area (Å²) in [6.45, 7) is 6.55. The van der Waals surface area contributed by atoms with E-state index >= 15 is 0 Å². The Bertz CT molecular complexity index is 800. The van der Waals surface area contributed by atoms with Crippen LogP contribution in [0.3, 0.4) is 0 Å². The lowest BCUT2D eigenvalue weighted by Crippen LogP contribution is -2.48. The summed E-state index contributed by atoms with van der Waals surface area (Å²) in [5, 5.41) is 6.28. The highest BCUT2D eigenvalue weighted by Gasteiger charge is 2.33. The number of anilines is 1. The predicted molar refractivity (Wildman–Crippen MR) is 104 cm³/mol. The van der Waals surface area contributed by atoms with Crippen LogP contribution in [0, 0.1) is 6.92 Å². The normalized spacial score (nSPS) is 17.7. The quantitative estimate of drug-likeness (QED) is 0.758. The number of carbonyl (C=O) groups excluding carboxylic acids is 2. The molecule has 1 aromatic carbocycles. The van der Waals surface area contributed by atoms with Crippen molar-refractivity contribution in [2.45, 2.75) is 26.0 Å². The average molecular weight is 386 g/mol. The molecule has 1 aromatic heterocycles. The number of piperazine rings is 1. The number of rotatable bonds is 6. The van der Waals surface area contributed by atoms with Crippen LogP contribution in [0.25, 0.3) is 0 Å². The number of carbonyl (C=O) groups is 2. The number of nitrogens with zero attached hydrogens (tertiary/aromatic N) is 3. The first-order valence-corrected chi connectivity index (χ1v) is 9.36. The number of ether oxygens (including phenoxy) is 1. The Morgan fingerprint density at radius 2 is 1.86 bits per heavy atom. The minimum absolute atomic E-state index is 0.226. The van der Waals surface area contributed by atoms with E-state index < -0.39 is 24.0 Å². The van der Waals surface area contributed by atoms with Crippen LogP contribution in [0.2, 0.25) is 0 Å². The third-order valence-electron chi connectivity index (χ3n) is 4.78. The van der Waals surface area contributed by atoms with Crippen molar-refractivity contribution in [3.05, 3.63) is 47.7 Å². The maximum Gasteiger partial charge on any atom is 0.328 e. The maximum absolute atomic E-state index is 13.0. The first-order chi connectivity index (χ1) is 13.4. The van der Waals surface area contributed by atoms with E-state index in [1.165, 1.54) is 0 Å². The van der Waals surface area contributed by atoms with Crippen LogP contribution in [-0.2, 0) is 14.3 Å². The molecule has 0 aliphatic carbocycles. The molecule has 1 fully saturated rings. The molecule has 2 aromatic rings. The van der Waals surface area contributed by atoms with E-state index in [2.05, 4.69) is 27.3 Å². The van der Waals surface area contributed by atoms with Crippen LogP contribution in [0.1, 0.15) is 24.2 Å². The Labute approximate surface area is 164 Å². The van der Waals surface area contributed by atoms with Gasteiger partial charge in [-0.2, -0.15) is 0 Å². The van der Waals surface area contributed by atoms with E-state index in [0.29, 0.717) is 5.69 Å². The highest BCUT2D eigenvalue weighted by molar-refractivity contribution is 5.94. The van der Waals surface area contributed by atoms with Gasteiger partial charge in [-0.3, -0.25) is 15.0 Å². The summed E-state index contributed by atoms with van der Waals surface area (Å²) >= 11 is 0. The fourth-order valence-corrected chi connectivity index (χ4v) is 3.15. The van der Waals surface area contributed by atoms with Crippen molar-refractivity contribution in [2.24, 2.45) is 0 Å². The average Bonchev–Trinajstić information content (AvgIpc) is 3.09. The van der Waals surface area contributed by atoms with E-state index in [9.17, 15) is 9.59 Å². The molecule has 0 bridgehead atoms. The van der Waals surface area contributed by atoms with E-state index in [1.807, 2.05) is 30.3 Å². The van der Waals surface area contributed by atoms with Crippen molar-refractivity contribution < 1.29 is 18.8 Å². The van der Waals surface area contributed by atoms with Gasteiger partial charge in [-0.1, -0.05) is 35.5 Å². The van der Waals surface area contributed by atoms with Gasteiger partial charge in [0.15, 0.2) is 6.10 Å². The molecule has 150 valence electrons. The van der Waals surface area contributed by atoms with Gasteiger partial charge in [-0.15, -0.1) is 0 Å². The topological polar surface area (TPSA) is 87.9 Å². The summed E-state index contributed by atoms with van der Waals surface area (Å²) in [6, 6.07) is 10.6. The first kappa shape index (κ1) is 20.0. The van der Waals surface area contributed by atoms with Crippen molar-refractivity contribution in [2.75, 3.05) is 38.5 Å². The van der Waals surface area contributed by atoms with Crippen LogP contribution in [-0.4, -0.2) is 66.2 Å². The van der Waals surface area contributed by atoms with Crippen molar-refractivity contribution in [3.63, 3.8) is 0 Å². The molecule has 1 N–H and O–H groups in total. The van der Waals surface area contributed by atoms with Gasteiger partial charge in [-0.25, -0.2) is 4.79 Å². The molecule has 0 saturated carbocycles. The second-order valence-electron chi connectivity index (χ2n) is 7.05. The number of nitrogens with one attached hydrogen (secondary N) is 1. The van der Waals surface area contributed by atoms with Crippen LogP contribution in [0.15, 0.2) is 40.9 Å². The summed E-state index contributed by atoms with van der Waals surface area (Å²) in [7, 11) is 2.06. The SMILES string of the molecule is Cc1cc(NC(=O)[C@H](C)OC(=O)[C@@H](c2ccccc2)N2CCN(C)CC2)on1. The molecule has 2 atom stereocenters. The number of benzene rings is 1. The highest BCUT2D eigenvalue weighted by Crippen LogP contribution is 2.24. The second kappa shape index (κ2) is 8.99. The molecule has 8 heteroatoms. The van der Waals surface area contributed by atoms with Crippen molar-refractivity contribution in [3.8, 4) is 0 Å². The predicted octanol–water partition coefficient (Wildman–Crippen LogP) is 1.84. The zero-order valence-electron chi connectivity index (χ0n) is 16.4. The summed E-state index contributed by atoms with van der Waals surface area (Å²) in [6.07, 6.45) is -0.961. The molecule has 0 radical (unpaired) electrons. The van der Waals surface area contributed by atoms with E-state index in [4.69, 9.17) is 9.26 Å². The van der Waals surface area contributed by atoms with Crippen LogP contribution in [0.5, 0.6) is 0 Å². The number of aromatic nitrogens is 1. The molecule has 1 aliphatic heterocycles. The number of likely N-dealkylation sites (N-methyl/N-ethyl adjacent to an activating group) is 1. The first-order valence-electron chi connectivity index (χ1n) is 9.36. The Kier molecular flexibility index (Phi) is 6.43. The largest absolute Gasteiger partial charge is 0.451 e. The molecule has 1 aliphatic rings. The van der Waals surface area contributed by atoms with Crippen LogP contribution < -0.4 is 5.32 Å². The molecule has 28 heavy (non-hydrogen) atoms. The number of amides is 1. The lowest BCUT2D eigenvalue weighted by atomic mass is 10.0. The Hall–Kier alpha value is -2.71. The third-order valence-corrected chi connectivity index (χ3v) is 4.78. The zero-order chi connectivity index (χ0) is 20.1. The standard InChI is InChI=1S/C20H26N4O4/c1-14-13-17(28-22-14)21-19(25)15(2)27-20(26)18(16-7-5-4-6-8-16)24-11-9-23(3)10-12-24/h4-8,13,15,18H,9-12H2,1-3H3,(H,21,25)/t15-,18+/m0/s1. The monoisotopic (exact) mass is 386 g/mol. The molecule has 1 amide bonds. The van der Waals surface area contributed by atoms with Crippen molar-refractivity contribution in [1.29, 1.82) is 0 Å². The summed E-state index contributed by atoms with van der Waals surface area (Å²) < 4.78 is 10.5. The zero-order valence-corrected chi connectivity index (χ0v) is 16.4. The molecular formula is C20H26N4O4. The summed E-state index contributed by atoms with van der Waals surface area (Å²) in [5.74, 6) is -0.675. The fourth-order valence-electron chi connectivity index (χ4n) is 3.15. The van der Waals surface area contributed by atoms with Crippen LogP contribution >= 0.6 is 0 Å². The molecule has 8 nitrogen and oxygen atoms in total. The molecule has 3 rings (SSSR count). The lowest BCUT2D eigenvalue weighted by Gasteiger charge is -2.37. The molecule has 2 heterocycles.